The van der Waals surface area contributed by atoms with Gasteiger partial charge < -0.3 is 24.9 Å². The monoisotopic (exact) mass is 325 g/mol. The number of carbonyl (C=O) groups is 2. The molecule has 0 saturated carbocycles. The van der Waals surface area contributed by atoms with E-state index in [1.165, 1.54) is 12.8 Å². The van der Waals surface area contributed by atoms with Gasteiger partial charge in [-0.2, -0.15) is 0 Å². The average Bonchev–Trinajstić information content (AvgIpc) is 2.56. The predicted molar refractivity (Wildman–Crippen MR) is 90.5 cm³/mol. The van der Waals surface area contributed by atoms with Crippen LogP contribution in [0.4, 0.5) is 9.59 Å². The Morgan fingerprint density at radius 2 is 1.57 bits per heavy atom. The maximum Gasteiger partial charge on any atom is 0.319 e. The summed E-state index contributed by atoms with van der Waals surface area (Å²) in [5.41, 5.74) is 0. The lowest BCUT2D eigenvalue weighted by Gasteiger charge is -2.36. The Kier molecular flexibility index (Phi) is 6.50. The molecule has 2 aliphatic rings. The number of urea groups is 2. The molecule has 4 amide bonds. The smallest absolute Gasteiger partial charge is 0.319 e. The number of nitrogens with one attached hydrogen (secondary N) is 1. The maximum absolute atomic E-state index is 12.2. The lowest BCUT2D eigenvalue weighted by molar-refractivity contribution is 0.128. The normalized spacial score (nSPS) is 20.5. The van der Waals surface area contributed by atoms with E-state index in [1.54, 1.807) is 28.8 Å². The summed E-state index contributed by atoms with van der Waals surface area (Å²) in [5, 5.41) is 3.01. The van der Waals surface area contributed by atoms with Gasteiger partial charge in [0.15, 0.2) is 0 Å². The summed E-state index contributed by atoms with van der Waals surface area (Å²) < 4.78 is 0. The highest BCUT2D eigenvalue weighted by Gasteiger charge is 2.24. The molecule has 2 aliphatic heterocycles. The number of nitrogens with zero attached hydrogens (tertiary/aromatic N) is 4. The molecule has 0 unspecified atom stereocenters. The van der Waals surface area contributed by atoms with Crippen LogP contribution in [0, 0.1) is 5.92 Å². The van der Waals surface area contributed by atoms with Crippen LogP contribution in [0.25, 0.3) is 0 Å². The molecular formula is C16H31N5O2. The number of carbonyl (C=O) groups excluding carboxylic acids is 2. The van der Waals surface area contributed by atoms with Crippen LogP contribution < -0.4 is 5.32 Å². The molecule has 0 aromatic rings. The molecule has 0 spiro atoms. The number of rotatable bonds is 3. The summed E-state index contributed by atoms with van der Waals surface area (Å²) >= 11 is 0. The molecule has 2 fully saturated rings. The lowest BCUT2D eigenvalue weighted by Crippen LogP contribution is -2.55. The number of piperidine rings is 1. The van der Waals surface area contributed by atoms with E-state index in [4.69, 9.17) is 0 Å². The second-order valence-electron chi connectivity index (χ2n) is 6.91. The van der Waals surface area contributed by atoms with Gasteiger partial charge in [0.05, 0.1) is 0 Å². The van der Waals surface area contributed by atoms with E-state index in [-0.39, 0.29) is 12.1 Å². The zero-order valence-electron chi connectivity index (χ0n) is 14.8. The Morgan fingerprint density at radius 3 is 2.13 bits per heavy atom. The molecule has 7 nitrogen and oxygen atoms in total. The van der Waals surface area contributed by atoms with Crippen LogP contribution in [0.5, 0.6) is 0 Å². The zero-order chi connectivity index (χ0) is 16.8. The van der Waals surface area contributed by atoms with Gasteiger partial charge in [0, 0.05) is 53.4 Å². The summed E-state index contributed by atoms with van der Waals surface area (Å²) in [6, 6.07) is 0.0108. The number of piperazine rings is 1. The van der Waals surface area contributed by atoms with Gasteiger partial charge in [0.1, 0.15) is 0 Å². The third-order valence-corrected chi connectivity index (χ3v) is 4.80. The third-order valence-electron chi connectivity index (χ3n) is 4.80. The van der Waals surface area contributed by atoms with Crippen molar-refractivity contribution in [2.45, 2.75) is 19.8 Å². The van der Waals surface area contributed by atoms with Crippen molar-refractivity contribution in [2.24, 2.45) is 5.92 Å². The highest BCUT2D eigenvalue weighted by atomic mass is 16.2. The number of hydrogen-bond acceptors (Lipinski definition) is 3. The quantitative estimate of drug-likeness (QED) is 0.832. The Bertz CT molecular complexity index is 399. The Hall–Kier alpha value is -1.50. The summed E-state index contributed by atoms with van der Waals surface area (Å²) in [5.74, 6) is 0.835. The summed E-state index contributed by atoms with van der Waals surface area (Å²) in [7, 11) is 3.51. The van der Waals surface area contributed by atoms with Crippen molar-refractivity contribution in [2.75, 3.05) is 66.5 Å². The molecule has 0 radical (unpaired) electrons. The number of amides is 4. The predicted octanol–water partition coefficient (Wildman–Crippen LogP) is 0.727. The Morgan fingerprint density at radius 1 is 1.00 bits per heavy atom. The first-order chi connectivity index (χ1) is 11.0. The minimum Gasteiger partial charge on any atom is -0.337 e. The molecule has 2 rings (SSSR count). The SMILES string of the molecule is CC1CCN(CCNC(=O)N2CCN(C(=O)N(C)C)CC2)CC1. The van der Waals surface area contributed by atoms with Crippen LogP contribution in [-0.4, -0.2) is 98.1 Å². The molecular weight excluding hydrogens is 294 g/mol. The van der Waals surface area contributed by atoms with Crippen molar-refractivity contribution < 1.29 is 9.59 Å². The molecule has 132 valence electrons. The highest BCUT2D eigenvalue weighted by molar-refractivity contribution is 5.76. The van der Waals surface area contributed by atoms with Crippen molar-refractivity contribution in [1.82, 2.24) is 24.9 Å². The minimum absolute atomic E-state index is 0.00710. The van der Waals surface area contributed by atoms with Gasteiger partial charge in [-0.25, -0.2) is 9.59 Å². The van der Waals surface area contributed by atoms with Crippen LogP contribution in [0.3, 0.4) is 0 Å². The summed E-state index contributed by atoms with van der Waals surface area (Å²) in [6.45, 7) is 8.63. The van der Waals surface area contributed by atoms with E-state index >= 15 is 0 Å². The largest absolute Gasteiger partial charge is 0.337 e. The van der Waals surface area contributed by atoms with Gasteiger partial charge in [-0.3, -0.25) is 0 Å². The molecule has 2 heterocycles. The van der Waals surface area contributed by atoms with Gasteiger partial charge in [-0.05, 0) is 31.8 Å². The van der Waals surface area contributed by atoms with Crippen LogP contribution in [-0.2, 0) is 0 Å². The third kappa shape index (κ3) is 5.27. The van der Waals surface area contributed by atoms with E-state index in [1.807, 2.05) is 0 Å². The Balaban J connectivity index is 1.62. The van der Waals surface area contributed by atoms with E-state index in [0.29, 0.717) is 32.7 Å². The standard InChI is InChI=1S/C16H31N5O2/c1-14-4-7-19(8-5-14)9-6-17-15(22)20-10-12-21(13-11-20)16(23)18(2)3/h14H,4-13H2,1-3H3,(H,17,22). The highest BCUT2D eigenvalue weighted by Crippen LogP contribution is 2.15. The van der Waals surface area contributed by atoms with Gasteiger partial charge in [0.25, 0.3) is 0 Å². The topological polar surface area (TPSA) is 59.1 Å². The molecule has 0 aromatic heterocycles. The molecule has 0 atom stereocenters. The second-order valence-corrected chi connectivity index (χ2v) is 6.91. The van der Waals surface area contributed by atoms with Gasteiger partial charge in [0.2, 0.25) is 0 Å². The lowest BCUT2D eigenvalue weighted by atomic mass is 9.99. The zero-order valence-corrected chi connectivity index (χ0v) is 14.8. The van der Waals surface area contributed by atoms with E-state index < -0.39 is 0 Å². The van der Waals surface area contributed by atoms with E-state index in [9.17, 15) is 9.59 Å². The minimum atomic E-state index is -0.00710. The van der Waals surface area contributed by atoms with Crippen LogP contribution in [0.15, 0.2) is 0 Å². The van der Waals surface area contributed by atoms with Crippen molar-refractivity contribution >= 4 is 12.1 Å². The molecule has 0 aliphatic carbocycles. The van der Waals surface area contributed by atoms with E-state index in [0.717, 1.165) is 25.6 Å². The fourth-order valence-electron chi connectivity index (χ4n) is 3.10. The molecule has 1 N–H and O–H groups in total. The van der Waals surface area contributed by atoms with Crippen LogP contribution in [0.1, 0.15) is 19.8 Å². The fraction of sp³-hybridized carbons (Fsp3) is 0.875. The van der Waals surface area contributed by atoms with Crippen molar-refractivity contribution in [3.8, 4) is 0 Å². The molecule has 7 heteroatoms. The molecule has 0 aromatic carbocycles. The Labute approximate surface area is 139 Å². The molecule has 2 saturated heterocycles. The van der Waals surface area contributed by atoms with Gasteiger partial charge in [-0.15, -0.1) is 0 Å². The first-order valence-electron chi connectivity index (χ1n) is 8.68. The second kappa shape index (κ2) is 8.38. The van der Waals surface area contributed by atoms with Gasteiger partial charge in [-0.1, -0.05) is 6.92 Å². The van der Waals surface area contributed by atoms with E-state index in [2.05, 4.69) is 17.1 Å². The van der Waals surface area contributed by atoms with Crippen molar-refractivity contribution in [3.05, 3.63) is 0 Å². The average molecular weight is 325 g/mol. The fourth-order valence-corrected chi connectivity index (χ4v) is 3.10. The van der Waals surface area contributed by atoms with Crippen molar-refractivity contribution in [3.63, 3.8) is 0 Å². The number of hydrogen-bond donors (Lipinski definition) is 1. The molecule has 23 heavy (non-hydrogen) atoms. The van der Waals surface area contributed by atoms with Crippen LogP contribution in [0.2, 0.25) is 0 Å². The van der Waals surface area contributed by atoms with Crippen molar-refractivity contribution in [1.29, 1.82) is 0 Å². The first kappa shape index (κ1) is 17.8. The molecule has 0 bridgehead atoms. The number of likely N-dealkylation sites (tertiary alicyclic amines) is 1. The van der Waals surface area contributed by atoms with Gasteiger partial charge >= 0.3 is 12.1 Å². The maximum atomic E-state index is 12.2. The van der Waals surface area contributed by atoms with Crippen LogP contribution >= 0.6 is 0 Å². The first-order valence-corrected chi connectivity index (χ1v) is 8.68. The summed E-state index contributed by atoms with van der Waals surface area (Å²) in [6.07, 6.45) is 2.52. The summed E-state index contributed by atoms with van der Waals surface area (Å²) in [4.78, 5) is 31.7.